The first-order chi connectivity index (χ1) is 16.8. The van der Waals surface area contributed by atoms with E-state index in [1.54, 1.807) is 0 Å². The van der Waals surface area contributed by atoms with Crippen LogP contribution in [-0.4, -0.2) is 54.0 Å². The maximum Gasteiger partial charge on any atom is 0.331 e. The van der Waals surface area contributed by atoms with Crippen LogP contribution in [0.1, 0.15) is 31.4 Å². The van der Waals surface area contributed by atoms with E-state index < -0.39 is 62.7 Å². The highest BCUT2D eigenvalue weighted by atomic mass is 32.2. The molecule has 2 amide bonds. The highest BCUT2D eigenvalue weighted by molar-refractivity contribution is 7.89. The number of carbonyl (C=O) groups is 3. The Balaban J connectivity index is 2.05. The third-order valence-corrected chi connectivity index (χ3v) is 5.69. The fourth-order valence-corrected chi connectivity index (χ4v) is 3.50. The highest BCUT2D eigenvalue weighted by Gasteiger charge is 2.32. The summed E-state index contributed by atoms with van der Waals surface area (Å²) in [6.45, 7) is 1.41. The van der Waals surface area contributed by atoms with Crippen molar-refractivity contribution < 1.29 is 42.7 Å². The molecule has 0 bridgehead atoms. The number of aliphatic hydroxyl groups excluding tert-OH is 1. The molecule has 2 aromatic carbocycles. The summed E-state index contributed by atoms with van der Waals surface area (Å²) in [5.74, 6) is -3.08. The number of aromatic hydroxyl groups is 1. The van der Waals surface area contributed by atoms with E-state index in [-0.39, 0.29) is 29.2 Å². The lowest BCUT2D eigenvalue weighted by atomic mass is 10.0. The lowest BCUT2D eigenvalue weighted by molar-refractivity contribution is -0.386. The summed E-state index contributed by atoms with van der Waals surface area (Å²) in [5, 5.41) is 41.0. The number of nitro groups is 1. The minimum atomic E-state index is -3.90. The molecule has 0 radical (unpaired) electrons. The molecule has 0 fully saturated rings. The number of aliphatic hydroxyl groups is 1. The third kappa shape index (κ3) is 7.72. The first kappa shape index (κ1) is 28.2. The number of rotatable bonds is 11. The maximum atomic E-state index is 12.4. The van der Waals surface area contributed by atoms with Gasteiger partial charge in [0.2, 0.25) is 21.8 Å². The van der Waals surface area contributed by atoms with E-state index in [9.17, 15) is 43.1 Å². The number of primary sulfonamides is 1. The number of carbonyl (C=O) groups excluding carboxylic acids is 3. The Labute approximate surface area is 205 Å². The molecule has 0 aliphatic heterocycles. The first-order valence-corrected chi connectivity index (χ1v) is 11.9. The number of sulfonamides is 1. The largest absolute Gasteiger partial charge is 0.502 e. The van der Waals surface area contributed by atoms with Crippen LogP contribution in [0.2, 0.25) is 0 Å². The number of hydrogen-bond donors (Lipinski definition) is 5. The summed E-state index contributed by atoms with van der Waals surface area (Å²) in [6, 6.07) is 6.29. The molecule has 0 heterocycles. The van der Waals surface area contributed by atoms with E-state index in [1.165, 1.54) is 31.2 Å². The molecule has 14 nitrogen and oxygen atoms in total. The predicted octanol–water partition coefficient (Wildman–Crippen LogP) is 0.448. The zero-order valence-corrected chi connectivity index (χ0v) is 19.7. The molecule has 0 aliphatic carbocycles. The molecule has 0 aromatic heterocycles. The van der Waals surface area contributed by atoms with Crippen LogP contribution in [0.4, 0.5) is 11.4 Å². The van der Waals surface area contributed by atoms with E-state index in [0.717, 1.165) is 18.2 Å². The molecule has 6 N–H and O–H groups in total. The van der Waals surface area contributed by atoms with Crippen molar-refractivity contribution in [2.45, 2.75) is 36.8 Å². The quantitative estimate of drug-likeness (QED) is 0.155. The van der Waals surface area contributed by atoms with Gasteiger partial charge in [0.15, 0.2) is 11.8 Å². The number of nitro benzene ring substituents is 1. The monoisotopic (exact) mass is 524 g/mol. The van der Waals surface area contributed by atoms with Gasteiger partial charge in [0, 0.05) is 24.6 Å². The maximum absolute atomic E-state index is 12.4. The zero-order valence-electron chi connectivity index (χ0n) is 18.9. The first-order valence-electron chi connectivity index (χ1n) is 10.4. The normalized spacial score (nSPS) is 12.8. The molecule has 2 atom stereocenters. The average Bonchev–Trinajstić information content (AvgIpc) is 2.80. The number of benzene rings is 2. The molecular formula is C21H24N4O10S. The zero-order chi connectivity index (χ0) is 27.0. The van der Waals surface area contributed by atoms with Crippen LogP contribution in [0.25, 0.3) is 0 Å². The van der Waals surface area contributed by atoms with E-state index in [4.69, 9.17) is 9.88 Å². The van der Waals surface area contributed by atoms with Gasteiger partial charge in [-0.2, -0.15) is 0 Å². The van der Waals surface area contributed by atoms with Gasteiger partial charge in [0.1, 0.15) is 6.10 Å². The van der Waals surface area contributed by atoms with E-state index in [2.05, 4.69) is 10.6 Å². The Bertz CT molecular complexity index is 1250. The number of phenolic OH excluding ortho intramolecular Hbond substituents is 1. The molecule has 0 unspecified atom stereocenters. The standard InChI is InChI=1S/C21H24N4O10S/c1-2-35-21(30)19(20(29)12-3-8-16(26)15(11-12)25(31)32)24-18(28)10-9-17(27)23-13-4-6-14(7-5-13)36(22,33)34/h3-8,11,19-20,26,29H,2,9-10H2,1H3,(H,23,27)(H,24,28)(H2,22,33,34)/t19-,20+/m0/s1. The van der Waals surface area contributed by atoms with Crippen LogP contribution < -0.4 is 15.8 Å². The molecule has 2 aromatic rings. The Morgan fingerprint density at radius 2 is 1.72 bits per heavy atom. The van der Waals surface area contributed by atoms with E-state index >= 15 is 0 Å². The van der Waals surface area contributed by atoms with Crippen molar-refractivity contribution >= 4 is 39.2 Å². The van der Waals surface area contributed by atoms with Gasteiger partial charge >= 0.3 is 11.7 Å². The number of amides is 2. The van der Waals surface area contributed by atoms with Gasteiger partial charge in [-0.05, 0) is 42.8 Å². The van der Waals surface area contributed by atoms with Crippen molar-refractivity contribution in [3.8, 4) is 5.75 Å². The van der Waals surface area contributed by atoms with Gasteiger partial charge < -0.3 is 25.6 Å². The van der Waals surface area contributed by atoms with Gasteiger partial charge in [-0.15, -0.1) is 0 Å². The van der Waals surface area contributed by atoms with Crippen molar-refractivity contribution in [2.24, 2.45) is 5.14 Å². The van der Waals surface area contributed by atoms with Gasteiger partial charge in [0.25, 0.3) is 0 Å². The summed E-state index contributed by atoms with van der Waals surface area (Å²) in [5.41, 5.74) is -0.602. The minimum Gasteiger partial charge on any atom is -0.502 e. The topological polar surface area (TPSA) is 228 Å². The SMILES string of the molecule is CCOC(=O)[C@@H](NC(=O)CCC(=O)Nc1ccc(S(N)(=O)=O)cc1)[C@H](O)c1ccc(O)c([N+](=O)[O-])c1. The van der Waals surface area contributed by atoms with Gasteiger partial charge in [0.05, 0.1) is 16.4 Å². The summed E-state index contributed by atoms with van der Waals surface area (Å²) in [6.07, 6.45) is -2.50. The Morgan fingerprint density at radius 3 is 2.28 bits per heavy atom. The smallest absolute Gasteiger partial charge is 0.331 e. The van der Waals surface area contributed by atoms with Crippen molar-refractivity contribution in [2.75, 3.05) is 11.9 Å². The second kappa shape index (κ2) is 12.1. The number of phenols is 1. The lowest BCUT2D eigenvalue weighted by Gasteiger charge is -2.23. The van der Waals surface area contributed by atoms with E-state index in [0.29, 0.717) is 0 Å². The molecule has 194 valence electrons. The fourth-order valence-electron chi connectivity index (χ4n) is 2.99. The van der Waals surface area contributed by atoms with Crippen molar-refractivity contribution in [3.63, 3.8) is 0 Å². The van der Waals surface area contributed by atoms with Crippen LogP contribution in [0.3, 0.4) is 0 Å². The van der Waals surface area contributed by atoms with Crippen molar-refractivity contribution in [1.29, 1.82) is 0 Å². The number of nitrogens with zero attached hydrogens (tertiary/aromatic N) is 1. The third-order valence-electron chi connectivity index (χ3n) is 4.76. The second-order valence-electron chi connectivity index (χ2n) is 7.36. The molecule has 0 saturated carbocycles. The number of ether oxygens (including phenoxy) is 1. The molecule has 15 heteroatoms. The highest BCUT2D eigenvalue weighted by Crippen LogP contribution is 2.30. The molecule has 0 spiro atoms. The van der Waals surface area contributed by atoms with Crippen LogP contribution in [0, 0.1) is 10.1 Å². The summed E-state index contributed by atoms with van der Waals surface area (Å²) in [7, 11) is -3.90. The summed E-state index contributed by atoms with van der Waals surface area (Å²) >= 11 is 0. The number of hydrogen-bond acceptors (Lipinski definition) is 10. The predicted molar refractivity (Wildman–Crippen MR) is 124 cm³/mol. The minimum absolute atomic E-state index is 0.0830. The second-order valence-corrected chi connectivity index (χ2v) is 8.93. The Morgan fingerprint density at radius 1 is 1.11 bits per heavy atom. The number of nitrogens with two attached hydrogens (primary N) is 1. The van der Waals surface area contributed by atoms with Crippen LogP contribution >= 0.6 is 0 Å². The average molecular weight is 525 g/mol. The van der Waals surface area contributed by atoms with Crippen LogP contribution in [0.15, 0.2) is 47.4 Å². The molecule has 2 rings (SSSR count). The molecular weight excluding hydrogens is 500 g/mol. The Kier molecular flexibility index (Phi) is 9.43. The van der Waals surface area contributed by atoms with Gasteiger partial charge in [-0.3, -0.25) is 19.7 Å². The summed E-state index contributed by atoms with van der Waals surface area (Å²) in [4.78, 5) is 46.9. The molecule has 0 aliphatic rings. The number of nitrogens with one attached hydrogen (secondary N) is 2. The number of esters is 1. The van der Waals surface area contributed by atoms with Gasteiger partial charge in [-0.25, -0.2) is 18.4 Å². The van der Waals surface area contributed by atoms with Crippen LogP contribution in [-0.2, 0) is 29.1 Å². The van der Waals surface area contributed by atoms with Gasteiger partial charge in [-0.1, -0.05) is 6.07 Å². The summed E-state index contributed by atoms with van der Waals surface area (Å²) < 4.78 is 27.4. The molecule has 0 saturated heterocycles. The Hall–Kier alpha value is -4.08. The number of anilines is 1. The van der Waals surface area contributed by atoms with Crippen LogP contribution in [0.5, 0.6) is 5.75 Å². The van der Waals surface area contributed by atoms with Crippen molar-refractivity contribution in [3.05, 3.63) is 58.1 Å². The van der Waals surface area contributed by atoms with Crippen molar-refractivity contribution in [1.82, 2.24) is 5.32 Å². The van der Waals surface area contributed by atoms with E-state index in [1.807, 2.05) is 0 Å². The fraction of sp³-hybridized carbons (Fsp3) is 0.286. The lowest BCUT2D eigenvalue weighted by Crippen LogP contribution is -2.46. The molecule has 36 heavy (non-hydrogen) atoms.